The summed E-state index contributed by atoms with van der Waals surface area (Å²) in [5.74, 6) is 0.943. The Morgan fingerprint density at radius 3 is 2.83 bits per heavy atom. The molecule has 2 N–H and O–H groups in total. The lowest BCUT2D eigenvalue weighted by atomic mass is 10.1. The van der Waals surface area contributed by atoms with E-state index >= 15 is 0 Å². The van der Waals surface area contributed by atoms with Crippen molar-refractivity contribution in [2.75, 3.05) is 5.73 Å². The van der Waals surface area contributed by atoms with Gasteiger partial charge in [-0.05, 0) is 49.9 Å². The molecule has 3 rings (SSSR count). The number of nitrogen functional groups attached to an aromatic ring is 1. The maximum atomic E-state index is 13.2. The molecule has 0 spiro atoms. The molecule has 2 aromatic rings. The first-order chi connectivity index (χ1) is 8.65. The number of anilines is 1. The molecule has 1 heterocycles. The van der Waals surface area contributed by atoms with Crippen LogP contribution in [0.2, 0.25) is 0 Å². The highest BCUT2D eigenvalue weighted by molar-refractivity contribution is 5.60. The maximum Gasteiger partial charge on any atom is 0.161 e. The van der Waals surface area contributed by atoms with Gasteiger partial charge in [0.2, 0.25) is 0 Å². The highest BCUT2D eigenvalue weighted by atomic mass is 19.1. The number of fused-ring (bicyclic) bond motifs is 1. The van der Waals surface area contributed by atoms with Gasteiger partial charge in [-0.15, -0.1) is 0 Å². The van der Waals surface area contributed by atoms with Crippen molar-refractivity contribution in [1.82, 2.24) is 9.97 Å². The molecule has 0 bridgehead atoms. The molecule has 1 aromatic heterocycles. The Morgan fingerprint density at radius 2 is 2.06 bits per heavy atom. The number of hydrogen-bond donors (Lipinski definition) is 1. The van der Waals surface area contributed by atoms with Gasteiger partial charge in [-0.3, -0.25) is 0 Å². The second-order valence-electron chi connectivity index (χ2n) is 4.68. The Kier molecular flexibility index (Phi) is 2.51. The van der Waals surface area contributed by atoms with E-state index in [2.05, 4.69) is 9.97 Å². The third-order valence-electron chi connectivity index (χ3n) is 3.38. The molecular weight excluding hydrogens is 229 g/mol. The first kappa shape index (κ1) is 11.1. The number of nitrogens with two attached hydrogens (primary N) is 1. The predicted molar refractivity (Wildman–Crippen MR) is 68.6 cm³/mol. The van der Waals surface area contributed by atoms with Gasteiger partial charge in [0.25, 0.3) is 0 Å². The van der Waals surface area contributed by atoms with Crippen LogP contribution in [0.5, 0.6) is 0 Å². The van der Waals surface area contributed by atoms with Crippen LogP contribution in [0.1, 0.15) is 23.2 Å². The van der Waals surface area contributed by atoms with Gasteiger partial charge in [-0.1, -0.05) is 0 Å². The summed E-state index contributed by atoms with van der Waals surface area (Å²) < 4.78 is 13.2. The summed E-state index contributed by atoms with van der Waals surface area (Å²) in [7, 11) is 0. The Hall–Kier alpha value is -1.97. The average Bonchev–Trinajstić information content (AvgIpc) is 2.81. The number of benzene rings is 1. The summed E-state index contributed by atoms with van der Waals surface area (Å²) in [4.78, 5) is 8.87. The summed E-state index contributed by atoms with van der Waals surface area (Å²) >= 11 is 0. The summed E-state index contributed by atoms with van der Waals surface area (Å²) in [6.07, 6.45) is 3.00. The fraction of sp³-hybridized carbons (Fsp3) is 0.286. The van der Waals surface area contributed by atoms with Crippen molar-refractivity contribution in [3.05, 3.63) is 40.8 Å². The van der Waals surface area contributed by atoms with E-state index in [0.29, 0.717) is 17.2 Å². The second-order valence-corrected chi connectivity index (χ2v) is 4.68. The largest absolute Gasteiger partial charge is 0.383 e. The fourth-order valence-corrected chi connectivity index (χ4v) is 2.37. The van der Waals surface area contributed by atoms with Gasteiger partial charge in [-0.2, -0.15) is 0 Å². The number of aromatic nitrogens is 2. The molecule has 0 saturated heterocycles. The van der Waals surface area contributed by atoms with E-state index in [1.54, 1.807) is 19.1 Å². The van der Waals surface area contributed by atoms with E-state index in [4.69, 9.17) is 5.73 Å². The molecule has 4 heteroatoms. The standard InChI is InChI=1S/C14H14FN3/c1-8-7-9(5-6-11(8)15)14-17-12-4-2-3-10(12)13(16)18-14/h5-7H,2-4H2,1H3,(H2,16,17,18). The molecule has 0 unspecified atom stereocenters. The van der Waals surface area contributed by atoms with Gasteiger partial charge < -0.3 is 5.73 Å². The van der Waals surface area contributed by atoms with Crippen LogP contribution in [0.4, 0.5) is 10.2 Å². The molecule has 92 valence electrons. The van der Waals surface area contributed by atoms with Crippen LogP contribution in [0.3, 0.4) is 0 Å². The molecule has 1 aromatic carbocycles. The van der Waals surface area contributed by atoms with Gasteiger partial charge >= 0.3 is 0 Å². The van der Waals surface area contributed by atoms with E-state index in [1.165, 1.54) is 6.07 Å². The Morgan fingerprint density at radius 1 is 1.22 bits per heavy atom. The Labute approximate surface area is 105 Å². The van der Waals surface area contributed by atoms with E-state index in [1.807, 2.05) is 0 Å². The second kappa shape index (κ2) is 4.05. The lowest BCUT2D eigenvalue weighted by Crippen LogP contribution is -2.03. The van der Waals surface area contributed by atoms with Gasteiger partial charge in [0, 0.05) is 16.8 Å². The maximum absolute atomic E-state index is 13.2. The average molecular weight is 243 g/mol. The van der Waals surface area contributed by atoms with Crippen molar-refractivity contribution in [2.24, 2.45) is 0 Å². The first-order valence-corrected chi connectivity index (χ1v) is 6.07. The molecule has 18 heavy (non-hydrogen) atoms. The molecule has 0 atom stereocenters. The third-order valence-corrected chi connectivity index (χ3v) is 3.38. The van der Waals surface area contributed by atoms with Crippen LogP contribution in [0.25, 0.3) is 11.4 Å². The lowest BCUT2D eigenvalue weighted by molar-refractivity contribution is 0.618. The topological polar surface area (TPSA) is 51.8 Å². The molecule has 0 radical (unpaired) electrons. The highest BCUT2D eigenvalue weighted by Crippen LogP contribution is 2.27. The van der Waals surface area contributed by atoms with Crippen LogP contribution in [0, 0.1) is 12.7 Å². The lowest BCUT2D eigenvalue weighted by Gasteiger charge is -2.07. The van der Waals surface area contributed by atoms with E-state index in [9.17, 15) is 4.39 Å². The molecule has 3 nitrogen and oxygen atoms in total. The smallest absolute Gasteiger partial charge is 0.161 e. The monoisotopic (exact) mass is 243 g/mol. The van der Waals surface area contributed by atoms with Gasteiger partial charge in [-0.25, -0.2) is 14.4 Å². The number of rotatable bonds is 1. The molecular formula is C14H14FN3. The van der Waals surface area contributed by atoms with Crippen molar-refractivity contribution in [2.45, 2.75) is 26.2 Å². The number of aryl methyl sites for hydroxylation is 2. The summed E-state index contributed by atoms with van der Waals surface area (Å²) in [6, 6.07) is 4.89. The fourth-order valence-electron chi connectivity index (χ4n) is 2.37. The minimum atomic E-state index is -0.215. The van der Waals surface area contributed by atoms with E-state index in [-0.39, 0.29) is 5.82 Å². The van der Waals surface area contributed by atoms with Crippen LogP contribution in [-0.2, 0) is 12.8 Å². The molecule has 0 aliphatic heterocycles. The van der Waals surface area contributed by atoms with E-state index in [0.717, 1.165) is 36.1 Å². The number of hydrogen-bond acceptors (Lipinski definition) is 3. The zero-order valence-corrected chi connectivity index (χ0v) is 10.2. The van der Waals surface area contributed by atoms with Crippen molar-refractivity contribution in [3.63, 3.8) is 0 Å². The molecule has 0 amide bonds. The summed E-state index contributed by atoms with van der Waals surface area (Å²) in [5.41, 5.74) is 9.48. The minimum absolute atomic E-state index is 0.215. The van der Waals surface area contributed by atoms with Crippen LogP contribution >= 0.6 is 0 Å². The van der Waals surface area contributed by atoms with Crippen LogP contribution in [0.15, 0.2) is 18.2 Å². The van der Waals surface area contributed by atoms with Gasteiger partial charge in [0.05, 0.1) is 0 Å². The molecule has 1 aliphatic carbocycles. The number of nitrogens with zero attached hydrogens (tertiary/aromatic N) is 2. The van der Waals surface area contributed by atoms with Crippen molar-refractivity contribution in [1.29, 1.82) is 0 Å². The SMILES string of the molecule is Cc1cc(-c2nc(N)c3c(n2)CCC3)ccc1F. The van der Waals surface area contributed by atoms with Crippen molar-refractivity contribution >= 4 is 5.82 Å². The summed E-state index contributed by atoms with van der Waals surface area (Å²) in [5, 5.41) is 0. The van der Waals surface area contributed by atoms with E-state index < -0.39 is 0 Å². The number of halogens is 1. The normalized spacial score (nSPS) is 13.7. The zero-order valence-electron chi connectivity index (χ0n) is 10.2. The third kappa shape index (κ3) is 1.74. The predicted octanol–water partition coefficient (Wildman–Crippen LogP) is 2.66. The molecule has 0 fully saturated rings. The van der Waals surface area contributed by atoms with Gasteiger partial charge in [0.1, 0.15) is 11.6 Å². The van der Waals surface area contributed by atoms with Crippen LogP contribution in [-0.4, -0.2) is 9.97 Å². The van der Waals surface area contributed by atoms with Crippen LogP contribution < -0.4 is 5.73 Å². The summed E-state index contributed by atoms with van der Waals surface area (Å²) in [6.45, 7) is 1.73. The molecule has 1 aliphatic rings. The highest BCUT2D eigenvalue weighted by Gasteiger charge is 2.18. The Balaban J connectivity index is 2.12. The van der Waals surface area contributed by atoms with Crippen molar-refractivity contribution < 1.29 is 4.39 Å². The Bertz CT molecular complexity index is 623. The van der Waals surface area contributed by atoms with Crippen molar-refractivity contribution in [3.8, 4) is 11.4 Å². The first-order valence-electron chi connectivity index (χ1n) is 6.07. The quantitative estimate of drug-likeness (QED) is 0.837. The van der Waals surface area contributed by atoms with Gasteiger partial charge in [0.15, 0.2) is 5.82 Å². The minimum Gasteiger partial charge on any atom is -0.383 e. The molecule has 0 saturated carbocycles. The zero-order chi connectivity index (χ0) is 12.7.